The third-order valence-corrected chi connectivity index (χ3v) is 8.25. The van der Waals surface area contributed by atoms with Crippen LogP contribution in [0.5, 0.6) is 0 Å². The summed E-state index contributed by atoms with van der Waals surface area (Å²) in [4.78, 5) is 41.7. The summed E-state index contributed by atoms with van der Waals surface area (Å²) in [5.41, 5.74) is 0.545. The molecule has 1 fully saturated rings. The first kappa shape index (κ1) is 25.8. The van der Waals surface area contributed by atoms with Crippen LogP contribution in [0.1, 0.15) is 37.3 Å². The van der Waals surface area contributed by atoms with Crippen molar-refractivity contribution >= 4 is 50.4 Å². The Hall–Kier alpha value is -3.87. The number of nitrogens with zero attached hydrogens (tertiary/aromatic N) is 4. The van der Waals surface area contributed by atoms with Gasteiger partial charge in [0.05, 0.1) is 11.1 Å². The van der Waals surface area contributed by atoms with Gasteiger partial charge < -0.3 is 4.55 Å². The standard InChI is InChI=1S/C25H23ClN6O5S/c1-3-17-22(23(26)32(29-17)15-8-5-4-6-9-15)38(36,37)30-18-11-7-10-16-21(18)27-14(2)31(25(16)35)19-12-13-20(33)28-24(19)34/h4-11,19H,3,12-13H2,1-2H3,(H2-,28,30,33,34,36,37). The number of carbonyl (C=O) groups is 2. The summed E-state index contributed by atoms with van der Waals surface area (Å²) in [6.07, 6.45) is 0.561. The number of para-hydroxylation sites is 2. The Morgan fingerprint density at radius 2 is 1.89 bits per heavy atom. The molecule has 0 radical (unpaired) electrons. The number of piperidine rings is 1. The Labute approximate surface area is 223 Å². The van der Waals surface area contributed by atoms with E-state index in [4.69, 9.17) is 11.6 Å². The van der Waals surface area contributed by atoms with Crippen molar-refractivity contribution in [2.24, 2.45) is 0 Å². The van der Waals surface area contributed by atoms with Crippen LogP contribution in [0.2, 0.25) is 5.15 Å². The van der Waals surface area contributed by atoms with Gasteiger partial charge in [-0.1, -0.05) is 47.0 Å². The number of amides is 2. The van der Waals surface area contributed by atoms with Gasteiger partial charge in [0, 0.05) is 6.42 Å². The van der Waals surface area contributed by atoms with Crippen LogP contribution in [-0.4, -0.2) is 35.7 Å². The maximum atomic E-state index is 13.6. The Kier molecular flexibility index (Phi) is 6.63. The van der Waals surface area contributed by atoms with Gasteiger partial charge in [0.15, 0.2) is 15.6 Å². The zero-order chi connectivity index (χ0) is 27.2. The molecule has 13 heteroatoms. The predicted molar refractivity (Wildman–Crippen MR) is 141 cm³/mol. The van der Waals surface area contributed by atoms with Crippen molar-refractivity contribution in [3.05, 3.63) is 75.6 Å². The lowest BCUT2D eigenvalue weighted by Gasteiger charge is -2.24. The molecule has 1 saturated heterocycles. The monoisotopic (exact) mass is 554 g/mol. The van der Waals surface area contributed by atoms with Gasteiger partial charge in [-0.15, -0.1) is 0 Å². The number of aromatic nitrogens is 4. The summed E-state index contributed by atoms with van der Waals surface area (Å²) in [5, 5.41) is 6.69. The molecule has 2 amide bonds. The third-order valence-electron chi connectivity index (χ3n) is 6.33. The molecule has 2 atom stereocenters. The Morgan fingerprint density at radius 1 is 1.16 bits per heavy atom. The van der Waals surface area contributed by atoms with Gasteiger partial charge in [-0.05, 0) is 44.0 Å². The van der Waals surface area contributed by atoms with E-state index in [2.05, 4.69) is 20.1 Å². The number of nitrogens with one attached hydrogen (secondary N) is 2. The van der Waals surface area contributed by atoms with E-state index in [9.17, 15) is 23.1 Å². The molecular formula is C25H23ClN6O5S. The largest absolute Gasteiger partial charge is 0.588 e. The second-order valence-corrected chi connectivity index (χ2v) is 10.8. The van der Waals surface area contributed by atoms with Gasteiger partial charge in [0.1, 0.15) is 28.8 Å². The van der Waals surface area contributed by atoms with E-state index in [0.717, 1.165) is 0 Å². The number of benzene rings is 2. The predicted octanol–water partition coefficient (Wildman–Crippen LogP) is 3.10. The van der Waals surface area contributed by atoms with E-state index < -0.39 is 33.8 Å². The molecule has 38 heavy (non-hydrogen) atoms. The van der Waals surface area contributed by atoms with Gasteiger partial charge in [-0.3, -0.25) is 24.3 Å². The molecule has 0 spiro atoms. The second kappa shape index (κ2) is 9.78. The average molecular weight is 555 g/mol. The first-order valence-electron chi connectivity index (χ1n) is 11.8. The molecule has 2 unspecified atom stereocenters. The van der Waals surface area contributed by atoms with Crippen LogP contribution >= 0.6 is 11.6 Å². The fraction of sp³-hybridized carbons (Fsp3) is 0.240. The van der Waals surface area contributed by atoms with E-state index >= 15 is 0 Å². The lowest BCUT2D eigenvalue weighted by atomic mass is 10.1. The molecule has 2 aromatic heterocycles. The zero-order valence-electron chi connectivity index (χ0n) is 20.4. The number of sulfonamides is 1. The van der Waals surface area contributed by atoms with Crippen molar-refractivity contribution in [3.63, 3.8) is 0 Å². The summed E-state index contributed by atoms with van der Waals surface area (Å²) in [5.74, 6) is -0.780. The van der Waals surface area contributed by atoms with Crippen molar-refractivity contribution in [3.8, 4) is 5.69 Å². The van der Waals surface area contributed by atoms with Crippen molar-refractivity contribution in [1.29, 1.82) is 0 Å². The first-order chi connectivity index (χ1) is 18.1. The fourth-order valence-corrected chi connectivity index (χ4v) is 6.47. The minimum atomic E-state index is -4.25. The van der Waals surface area contributed by atoms with E-state index in [-0.39, 0.29) is 51.0 Å². The van der Waals surface area contributed by atoms with Crippen LogP contribution in [0, 0.1) is 6.92 Å². The molecule has 2 aromatic carbocycles. The number of anilines is 1. The van der Waals surface area contributed by atoms with Crippen molar-refractivity contribution in [2.45, 2.75) is 44.0 Å². The minimum absolute atomic E-state index is 0.0729. The summed E-state index contributed by atoms with van der Waals surface area (Å²) in [6.45, 7) is 3.32. The lowest BCUT2D eigenvalue weighted by molar-refractivity contribution is -0.135. The third kappa shape index (κ3) is 4.40. The summed E-state index contributed by atoms with van der Waals surface area (Å²) >= 11 is 6.54. The van der Waals surface area contributed by atoms with Crippen LogP contribution in [0.3, 0.4) is 0 Å². The fourth-order valence-electron chi connectivity index (χ4n) is 4.57. The van der Waals surface area contributed by atoms with Crippen LogP contribution in [0.25, 0.3) is 16.6 Å². The number of carbonyl (C=O) groups excluding carboxylic acids is 2. The number of hydrogen-bond donors (Lipinski definition) is 2. The second-order valence-electron chi connectivity index (χ2n) is 8.78. The zero-order valence-corrected chi connectivity index (χ0v) is 22.0. The van der Waals surface area contributed by atoms with E-state index in [1.807, 2.05) is 6.07 Å². The lowest BCUT2D eigenvalue weighted by Crippen LogP contribution is -2.45. The van der Waals surface area contributed by atoms with Crippen LogP contribution < -0.4 is 15.6 Å². The average Bonchev–Trinajstić information content (AvgIpc) is 3.23. The maximum Gasteiger partial charge on any atom is 0.262 e. The molecular weight excluding hydrogens is 532 g/mol. The van der Waals surface area contributed by atoms with Crippen LogP contribution in [-0.2, 0) is 30.6 Å². The number of halogens is 1. The number of hydrogen-bond acceptors (Lipinski definition) is 7. The quantitative estimate of drug-likeness (QED) is 0.274. The minimum Gasteiger partial charge on any atom is -0.588 e. The molecule has 11 nitrogen and oxygen atoms in total. The number of imide groups is 1. The highest BCUT2D eigenvalue weighted by Crippen LogP contribution is 2.34. The molecule has 1 aliphatic rings. The summed E-state index contributed by atoms with van der Waals surface area (Å²) in [7, 11) is -4.25. The number of aryl methyl sites for hydroxylation is 2. The van der Waals surface area contributed by atoms with Gasteiger partial charge in [-0.2, -0.15) is 5.10 Å². The van der Waals surface area contributed by atoms with E-state index in [1.54, 1.807) is 38.1 Å². The Bertz CT molecular complexity index is 1700. The van der Waals surface area contributed by atoms with Gasteiger partial charge in [0.2, 0.25) is 16.7 Å². The molecule has 0 bridgehead atoms. The van der Waals surface area contributed by atoms with Gasteiger partial charge in [-0.25, -0.2) is 14.4 Å². The maximum absolute atomic E-state index is 13.6. The summed E-state index contributed by atoms with van der Waals surface area (Å²) in [6, 6.07) is 12.5. The smallest absolute Gasteiger partial charge is 0.262 e. The molecule has 4 aromatic rings. The molecule has 0 aliphatic carbocycles. The van der Waals surface area contributed by atoms with Crippen molar-refractivity contribution < 1.29 is 18.4 Å². The van der Waals surface area contributed by atoms with Gasteiger partial charge >= 0.3 is 0 Å². The van der Waals surface area contributed by atoms with Crippen molar-refractivity contribution in [2.75, 3.05) is 4.72 Å². The topological polar surface area (TPSA) is 151 Å². The molecule has 2 N–H and O–H groups in total. The van der Waals surface area contributed by atoms with E-state index in [1.165, 1.54) is 27.4 Å². The van der Waals surface area contributed by atoms with Crippen LogP contribution in [0.15, 0.2) is 58.2 Å². The normalized spacial score (nSPS) is 17.3. The SMILES string of the molecule is CCc1nn(-c2ccccc2)c(Cl)c1[S+](=O)([O-])Nc1cccc2c(=O)n(C3CCC(=O)NC3=O)c(C)nc12. The number of fused-ring (bicyclic) bond motifs is 1. The highest BCUT2D eigenvalue weighted by Gasteiger charge is 2.35. The number of rotatable bonds is 6. The first-order valence-corrected chi connectivity index (χ1v) is 13.7. The molecule has 196 valence electrons. The Morgan fingerprint density at radius 3 is 2.58 bits per heavy atom. The van der Waals surface area contributed by atoms with E-state index in [0.29, 0.717) is 12.1 Å². The highest BCUT2D eigenvalue weighted by molar-refractivity contribution is 7.99. The Balaban J connectivity index is 1.58. The molecule has 5 rings (SSSR count). The molecule has 1 aliphatic heterocycles. The van der Waals surface area contributed by atoms with Crippen LogP contribution in [0.4, 0.5) is 5.69 Å². The van der Waals surface area contributed by atoms with Crippen molar-refractivity contribution in [1.82, 2.24) is 24.6 Å². The van der Waals surface area contributed by atoms with Gasteiger partial charge in [0.25, 0.3) is 5.56 Å². The highest BCUT2D eigenvalue weighted by atomic mass is 35.5. The molecule has 3 heterocycles. The molecule has 0 saturated carbocycles. The summed E-state index contributed by atoms with van der Waals surface area (Å²) < 4.78 is 32.3.